The molecule has 1 aromatic heterocycles. The van der Waals surface area contributed by atoms with Crippen molar-refractivity contribution in [2.75, 3.05) is 0 Å². The fourth-order valence-corrected chi connectivity index (χ4v) is 2.33. The quantitative estimate of drug-likeness (QED) is 0.357. The Labute approximate surface area is 164 Å². The highest BCUT2D eigenvalue weighted by atomic mass is 19.1. The normalized spacial score (nSPS) is 10.8. The van der Waals surface area contributed by atoms with Crippen LogP contribution in [-0.2, 0) is 17.9 Å². The van der Waals surface area contributed by atoms with E-state index >= 15 is 0 Å². The maximum atomic E-state index is 12.9. The van der Waals surface area contributed by atoms with E-state index in [0.717, 1.165) is 22.6 Å². The van der Waals surface area contributed by atoms with Crippen LogP contribution in [0.2, 0.25) is 0 Å². The molecule has 0 saturated carbocycles. The van der Waals surface area contributed by atoms with E-state index < -0.39 is 10.8 Å². The predicted octanol–water partition coefficient (Wildman–Crippen LogP) is 2.66. The molecule has 1 amide bonds. The molecular weight excluding hydrogens is 381 g/mol. The van der Waals surface area contributed by atoms with Crippen LogP contribution in [0.15, 0.2) is 66.0 Å². The zero-order valence-corrected chi connectivity index (χ0v) is 15.1. The predicted molar refractivity (Wildman–Crippen MR) is 102 cm³/mol. The highest BCUT2D eigenvalue weighted by molar-refractivity contribution is 5.82. The molecule has 9 nitrogen and oxygen atoms in total. The molecule has 0 aliphatic heterocycles. The van der Waals surface area contributed by atoms with Gasteiger partial charge >= 0.3 is 5.69 Å². The van der Waals surface area contributed by atoms with Crippen molar-refractivity contribution in [3.05, 3.63) is 88.0 Å². The van der Waals surface area contributed by atoms with Crippen LogP contribution in [0.5, 0.6) is 5.75 Å². The van der Waals surface area contributed by atoms with Crippen molar-refractivity contribution in [3.63, 3.8) is 0 Å². The molecule has 0 atom stereocenters. The number of nitrogens with one attached hydrogen (secondary N) is 1. The Hall–Kier alpha value is -4.08. The molecule has 148 valence electrons. The molecule has 0 fully saturated rings. The van der Waals surface area contributed by atoms with Crippen molar-refractivity contribution in [2.45, 2.75) is 13.2 Å². The van der Waals surface area contributed by atoms with Crippen LogP contribution in [0.4, 0.5) is 10.1 Å². The van der Waals surface area contributed by atoms with Gasteiger partial charge in [0.2, 0.25) is 0 Å². The molecule has 10 heteroatoms. The topological polar surface area (TPSA) is 112 Å². The summed E-state index contributed by atoms with van der Waals surface area (Å²) in [6.07, 6.45) is 3.66. The first kappa shape index (κ1) is 19.7. The van der Waals surface area contributed by atoms with Gasteiger partial charge in [0, 0.05) is 0 Å². The van der Waals surface area contributed by atoms with Crippen LogP contribution < -0.4 is 10.2 Å². The Kier molecular flexibility index (Phi) is 6.25. The van der Waals surface area contributed by atoms with Crippen molar-refractivity contribution >= 4 is 17.8 Å². The first-order valence-electron chi connectivity index (χ1n) is 8.45. The fraction of sp³-hybridized carbons (Fsp3) is 0.105. The molecule has 3 rings (SSSR count). The SMILES string of the molecule is O=C(Cn1cc([N+](=O)[O-])cn1)N/N=C/c1cccc(OCc2ccc(F)cc2)c1. The number of benzene rings is 2. The minimum Gasteiger partial charge on any atom is -0.489 e. The highest BCUT2D eigenvalue weighted by Gasteiger charge is 2.10. The molecule has 0 aliphatic carbocycles. The van der Waals surface area contributed by atoms with Gasteiger partial charge in [-0.3, -0.25) is 19.6 Å². The molecule has 0 radical (unpaired) electrons. The molecule has 0 aliphatic rings. The van der Waals surface area contributed by atoms with Crippen LogP contribution in [0.25, 0.3) is 0 Å². The lowest BCUT2D eigenvalue weighted by atomic mass is 10.2. The Morgan fingerprint density at radius 3 is 2.83 bits per heavy atom. The Balaban J connectivity index is 1.50. The van der Waals surface area contributed by atoms with E-state index in [1.807, 2.05) is 0 Å². The van der Waals surface area contributed by atoms with E-state index in [0.29, 0.717) is 11.3 Å². The summed E-state index contributed by atoms with van der Waals surface area (Å²) in [5.41, 5.74) is 3.65. The second kappa shape index (κ2) is 9.22. The molecule has 3 aromatic rings. The van der Waals surface area contributed by atoms with Crippen molar-refractivity contribution in [1.29, 1.82) is 0 Å². The van der Waals surface area contributed by atoms with Gasteiger partial charge in [-0.25, -0.2) is 9.82 Å². The van der Waals surface area contributed by atoms with Crippen molar-refractivity contribution in [2.24, 2.45) is 5.10 Å². The van der Waals surface area contributed by atoms with Gasteiger partial charge < -0.3 is 4.74 Å². The molecule has 1 N–H and O–H groups in total. The maximum absolute atomic E-state index is 12.9. The average molecular weight is 397 g/mol. The number of nitro groups is 1. The number of hydrogen-bond acceptors (Lipinski definition) is 6. The molecular formula is C19H16FN5O4. The van der Waals surface area contributed by atoms with Gasteiger partial charge in [0.1, 0.15) is 37.1 Å². The third-order valence-electron chi connectivity index (χ3n) is 3.72. The Morgan fingerprint density at radius 2 is 2.10 bits per heavy atom. The summed E-state index contributed by atoms with van der Waals surface area (Å²) < 4.78 is 19.7. The van der Waals surface area contributed by atoms with Gasteiger partial charge in [0.25, 0.3) is 5.91 Å². The molecule has 0 saturated heterocycles. The number of carbonyl (C=O) groups is 1. The van der Waals surface area contributed by atoms with E-state index in [2.05, 4.69) is 15.6 Å². The molecule has 0 spiro atoms. The average Bonchev–Trinajstić information content (AvgIpc) is 3.17. The van der Waals surface area contributed by atoms with Gasteiger partial charge in [-0.15, -0.1) is 0 Å². The Morgan fingerprint density at radius 1 is 1.31 bits per heavy atom. The number of nitrogens with zero attached hydrogens (tertiary/aromatic N) is 4. The monoisotopic (exact) mass is 397 g/mol. The minimum atomic E-state index is -0.593. The number of aromatic nitrogens is 2. The lowest BCUT2D eigenvalue weighted by molar-refractivity contribution is -0.385. The number of rotatable bonds is 8. The second-order valence-corrected chi connectivity index (χ2v) is 5.93. The number of ether oxygens (including phenoxy) is 1. The van der Waals surface area contributed by atoms with Gasteiger partial charge in [-0.05, 0) is 35.4 Å². The van der Waals surface area contributed by atoms with Gasteiger partial charge in [0.05, 0.1) is 11.1 Å². The van der Waals surface area contributed by atoms with Crippen LogP contribution >= 0.6 is 0 Å². The zero-order chi connectivity index (χ0) is 20.6. The summed E-state index contributed by atoms with van der Waals surface area (Å²) in [5.74, 6) is -0.198. The summed E-state index contributed by atoms with van der Waals surface area (Å²) in [7, 11) is 0. The van der Waals surface area contributed by atoms with Crippen LogP contribution in [0.1, 0.15) is 11.1 Å². The lowest BCUT2D eigenvalue weighted by Gasteiger charge is -2.07. The molecule has 1 heterocycles. The second-order valence-electron chi connectivity index (χ2n) is 5.93. The zero-order valence-electron chi connectivity index (χ0n) is 15.1. The number of halogens is 1. The van der Waals surface area contributed by atoms with E-state index in [9.17, 15) is 19.3 Å². The number of carbonyl (C=O) groups excluding carboxylic acids is 1. The molecule has 2 aromatic carbocycles. The largest absolute Gasteiger partial charge is 0.489 e. The van der Waals surface area contributed by atoms with E-state index in [4.69, 9.17) is 4.74 Å². The van der Waals surface area contributed by atoms with E-state index in [-0.39, 0.29) is 24.7 Å². The number of hydrazone groups is 1. The van der Waals surface area contributed by atoms with Crippen LogP contribution in [-0.4, -0.2) is 26.8 Å². The fourth-order valence-electron chi connectivity index (χ4n) is 2.33. The number of hydrogen-bond donors (Lipinski definition) is 1. The molecule has 0 bridgehead atoms. The van der Waals surface area contributed by atoms with Gasteiger partial charge in [-0.2, -0.15) is 10.2 Å². The molecule has 29 heavy (non-hydrogen) atoms. The van der Waals surface area contributed by atoms with Crippen LogP contribution in [0.3, 0.4) is 0 Å². The van der Waals surface area contributed by atoms with Crippen molar-refractivity contribution in [3.8, 4) is 5.75 Å². The third kappa shape index (κ3) is 5.96. The Bertz CT molecular complexity index is 1030. The van der Waals surface area contributed by atoms with E-state index in [1.165, 1.54) is 18.3 Å². The van der Waals surface area contributed by atoms with E-state index in [1.54, 1.807) is 36.4 Å². The smallest absolute Gasteiger partial charge is 0.307 e. The summed E-state index contributed by atoms with van der Waals surface area (Å²) in [6, 6.07) is 13.1. The summed E-state index contributed by atoms with van der Waals surface area (Å²) in [6.45, 7) is 0.0830. The third-order valence-corrected chi connectivity index (χ3v) is 3.72. The van der Waals surface area contributed by atoms with Crippen molar-refractivity contribution < 1.29 is 18.8 Å². The maximum Gasteiger partial charge on any atom is 0.307 e. The van der Waals surface area contributed by atoms with Gasteiger partial charge in [-0.1, -0.05) is 24.3 Å². The standard InChI is InChI=1S/C19H16FN5O4/c20-16-6-4-14(5-7-16)13-29-18-3-1-2-15(8-18)9-21-23-19(26)12-24-11-17(10-22-24)25(27)28/h1-11H,12-13H2,(H,23,26)/b21-9+. The molecule has 0 unspecified atom stereocenters. The summed E-state index contributed by atoms with van der Waals surface area (Å²) >= 11 is 0. The summed E-state index contributed by atoms with van der Waals surface area (Å²) in [5, 5.41) is 18.2. The number of amides is 1. The van der Waals surface area contributed by atoms with Gasteiger partial charge in [0.15, 0.2) is 0 Å². The highest BCUT2D eigenvalue weighted by Crippen LogP contribution is 2.14. The first-order valence-corrected chi connectivity index (χ1v) is 8.45. The lowest BCUT2D eigenvalue weighted by Crippen LogP contribution is -2.23. The van der Waals surface area contributed by atoms with Crippen molar-refractivity contribution in [1.82, 2.24) is 15.2 Å². The summed E-state index contributed by atoms with van der Waals surface area (Å²) in [4.78, 5) is 21.8. The minimum absolute atomic E-state index is 0.196. The van der Waals surface area contributed by atoms with Crippen LogP contribution in [0, 0.1) is 15.9 Å². The first-order chi connectivity index (χ1) is 14.0.